The van der Waals surface area contributed by atoms with Crippen molar-refractivity contribution in [3.8, 4) is 0 Å². The molecule has 0 radical (unpaired) electrons. The van der Waals surface area contributed by atoms with E-state index in [0.717, 1.165) is 17.0 Å². The Labute approximate surface area is 158 Å². The van der Waals surface area contributed by atoms with Crippen LogP contribution in [0.1, 0.15) is 21.1 Å². The second kappa shape index (κ2) is 8.37. The van der Waals surface area contributed by atoms with Crippen LogP contribution in [0.15, 0.2) is 48.7 Å². The number of hydrogen-bond donors (Lipinski definition) is 3. The van der Waals surface area contributed by atoms with Crippen LogP contribution >= 0.6 is 11.3 Å². The Balaban J connectivity index is 1.59. The normalized spacial score (nSPS) is 10.3. The van der Waals surface area contributed by atoms with E-state index < -0.39 is 11.8 Å². The Bertz CT molecular complexity index is 944. The number of pyridine rings is 1. The van der Waals surface area contributed by atoms with Gasteiger partial charge in [0.25, 0.3) is 5.91 Å². The number of nitrogens with zero attached hydrogens (tertiary/aromatic N) is 2. The van der Waals surface area contributed by atoms with Crippen molar-refractivity contribution in [2.45, 2.75) is 13.5 Å². The van der Waals surface area contributed by atoms with E-state index in [4.69, 9.17) is 0 Å². The van der Waals surface area contributed by atoms with Crippen LogP contribution in [0.25, 0.3) is 0 Å². The Kier molecular flexibility index (Phi) is 5.72. The first-order valence-corrected chi connectivity index (χ1v) is 8.82. The maximum atomic E-state index is 12.9. The monoisotopic (exact) mass is 385 g/mol. The molecule has 0 atom stereocenters. The summed E-state index contributed by atoms with van der Waals surface area (Å²) in [6, 6.07) is 10.3. The highest BCUT2D eigenvalue weighted by molar-refractivity contribution is 7.17. The van der Waals surface area contributed by atoms with Crippen LogP contribution < -0.4 is 16.0 Å². The Morgan fingerprint density at radius 1 is 1.11 bits per heavy atom. The number of anilines is 2. The zero-order valence-electron chi connectivity index (χ0n) is 14.3. The number of thiazole rings is 1. The molecular formula is C18H16FN5O2S. The van der Waals surface area contributed by atoms with Gasteiger partial charge in [-0.25, -0.2) is 14.2 Å². The maximum absolute atomic E-state index is 12.9. The van der Waals surface area contributed by atoms with E-state index in [1.54, 1.807) is 19.2 Å². The molecule has 138 valence electrons. The number of urea groups is 1. The summed E-state index contributed by atoms with van der Waals surface area (Å²) < 4.78 is 12.9. The van der Waals surface area contributed by atoms with Gasteiger partial charge in [-0.05, 0) is 43.3 Å². The molecule has 0 aliphatic rings. The van der Waals surface area contributed by atoms with Gasteiger partial charge in [0.05, 0.1) is 17.9 Å². The number of aromatic nitrogens is 2. The summed E-state index contributed by atoms with van der Waals surface area (Å²) in [5, 5.41) is 8.19. The third-order valence-corrected chi connectivity index (χ3v) is 4.55. The fourth-order valence-corrected chi connectivity index (χ4v) is 3.08. The predicted octanol–water partition coefficient (Wildman–Crippen LogP) is 3.56. The molecule has 1 aromatic carbocycles. The van der Waals surface area contributed by atoms with E-state index >= 15 is 0 Å². The average Bonchev–Trinajstić information content (AvgIpc) is 3.02. The minimum atomic E-state index is -0.532. The second-order valence-electron chi connectivity index (χ2n) is 5.52. The van der Waals surface area contributed by atoms with E-state index in [0.29, 0.717) is 22.8 Å². The minimum Gasteiger partial charge on any atom is -0.346 e. The van der Waals surface area contributed by atoms with Crippen LogP contribution in [0, 0.1) is 12.7 Å². The van der Waals surface area contributed by atoms with Gasteiger partial charge >= 0.3 is 6.03 Å². The molecule has 2 heterocycles. The van der Waals surface area contributed by atoms with Gasteiger partial charge < -0.3 is 10.6 Å². The van der Waals surface area contributed by atoms with E-state index in [-0.39, 0.29) is 11.0 Å². The molecule has 0 aliphatic carbocycles. The number of aryl methyl sites for hydroxylation is 1. The fourth-order valence-electron chi connectivity index (χ4n) is 2.21. The van der Waals surface area contributed by atoms with Gasteiger partial charge in [0.2, 0.25) is 0 Å². The molecule has 9 heteroatoms. The summed E-state index contributed by atoms with van der Waals surface area (Å²) in [6.07, 6.45) is 1.65. The van der Waals surface area contributed by atoms with Crippen molar-refractivity contribution in [3.05, 3.63) is 70.7 Å². The standard InChI is InChI=1S/C18H16FN5O2S/c1-11-15(16(25)21-10-14-4-2-3-9-20-14)27-18(22-11)24-17(26)23-13-7-5-12(19)6-8-13/h2-9H,10H2,1H3,(H,21,25)(H2,22,23,24,26). The Hall–Kier alpha value is -3.33. The summed E-state index contributed by atoms with van der Waals surface area (Å²) in [7, 11) is 0. The molecule has 0 aliphatic heterocycles. The van der Waals surface area contributed by atoms with Crippen molar-refractivity contribution in [1.29, 1.82) is 0 Å². The summed E-state index contributed by atoms with van der Waals surface area (Å²) in [4.78, 5) is 33.1. The van der Waals surface area contributed by atoms with Gasteiger partial charge in [-0.15, -0.1) is 0 Å². The van der Waals surface area contributed by atoms with Gasteiger partial charge in [0.15, 0.2) is 5.13 Å². The molecule has 0 unspecified atom stereocenters. The highest BCUT2D eigenvalue weighted by Crippen LogP contribution is 2.23. The van der Waals surface area contributed by atoms with Gasteiger partial charge in [-0.1, -0.05) is 17.4 Å². The van der Waals surface area contributed by atoms with Gasteiger partial charge in [0.1, 0.15) is 10.7 Å². The van der Waals surface area contributed by atoms with Crippen LogP contribution in [0.4, 0.5) is 20.0 Å². The molecular weight excluding hydrogens is 369 g/mol. The molecule has 0 saturated heterocycles. The number of rotatable bonds is 5. The number of halogens is 1. The third-order valence-electron chi connectivity index (χ3n) is 3.48. The van der Waals surface area contributed by atoms with Crippen molar-refractivity contribution < 1.29 is 14.0 Å². The SMILES string of the molecule is Cc1nc(NC(=O)Nc2ccc(F)cc2)sc1C(=O)NCc1ccccn1. The molecule has 0 saturated carbocycles. The summed E-state index contributed by atoms with van der Waals surface area (Å²) in [5.74, 6) is -0.680. The summed E-state index contributed by atoms with van der Waals surface area (Å²) in [5.41, 5.74) is 1.69. The zero-order valence-corrected chi connectivity index (χ0v) is 15.1. The molecule has 0 fully saturated rings. The lowest BCUT2D eigenvalue weighted by molar-refractivity contribution is 0.0953. The first-order valence-electron chi connectivity index (χ1n) is 8.00. The van der Waals surface area contributed by atoms with E-state index in [2.05, 4.69) is 25.9 Å². The van der Waals surface area contributed by atoms with Crippen molar-refractivity contribution in [1.82, 2.24) is 15.3 Å². The Morgan fingerprint density at radius 2 is 1.89 bits per heavy atom. The Morgan fingerprint density at radius 3 is 2.59 bits per heavy atom. The van der Waals surface area contributed by atoms with Gasteiger partial charge in [-0.3, -0.25) is 15.1 Å². The number of amides is 3. The largest absolute Gasteiger partial charge is 0.346 e. The van der Waals surface area contributed by atoms with Crippen LogP contribution in [-0.4, -0.2) is 21.9 Å². The van der Waals surface area contributed by atoms with Crippen LogP contribution in [0.3, 0.4) is 0 Å². The highest BCUT2D eigenvalue weighted by Gasteiger charge is 2.16. The molecule has 27 heavy (non-hydrogen) atoms. The van der Waals surface area contributed by atoms with E-state index in [1.807, 2.05) is 12.1 Å². The number of benzene rings is 1. The van der Waals surface area contributed by atoms with E-state index in [1.165, 1.54) is 24.3 Å². The second-order valence-corrected chi connectivity index (χ2v) is 6.52. The molecule has 0 bridgehead atoms. The van der Waals surface area contributed by atoms with Gasteiger partial charge in [0, 0.05) is 11.9 Å². The fraction of sp³-hybridized carbons (Fsp3) is 0.111. The first kappa shape index (κ1) is 18.5. The first-order chi connectivity index (χ1) is 13.0. The number of hydrogen-bond acceptors (Lipinski definition) is 5. The third kappa shape index (κ3) is 5.08. The minimum absolute atomic E-state index is 0.287. The number of nitrogens with one attached hydrogen (secondary N) is 3. The van der Waals surface area contributed by atoms with Crippen LogP contribution in [-0.2, 0) is 6.54 Å². The molecule has 0 spiro atoms. The summed E-state index contributed by atoms with van der Waals surface area (Å²) in [6.45, 7) is 1.99. The van der Waals surface area contributed by atoms with Crippen LogP contribution in [0.5, 0.6) is 0 Å². The van der Waals surface area contributed by atoms with E-state index in [9.17, 15) is 14.0 Å². The zero-order chi connectivity index (χ0) is 19.2. The van der Waals surface area contributed by atoms with Crippen molar-refractivity contribution in [2.24, 2.45) is 0 Å². The molecule has 3 amide bonds. The smallest absolute Gasteiger partial charge is 0.325 e. The van der Waals surface area contributed by atoms with Crippen molar-refractivity contribution >= 4 is 34.1 Å². The predicted molar refractivity (Wildman–Crippen MR) is 101 cm³/mol. The molecule has 3 aromatic rings. The lowest BCUT2D eigenvalue weighted by Gasteiger charge is -2.05. The summed E-state index contributed by atoms with van der Waals surface area (Å²) >= 11 is 1.07. The van der Waals surface area contributed by atoms with Crippen molar-refractivity contribution in [3.63, 3.8) is 0 Å². The topological polar surface area (TPSA) is 96.0 Å². The lowest BCUT2D eigenvalue weighted by atomic mass is 10.3. The quantitative estimate of drug-likeness (QED) is 0.626. The highest BCUT2D eigenvalue weighted by atomic mass is 32.1. The molecule has 3 N–H and O–H groups in total. The van der Waals surface area contributed by atoms with Crippen molar-refractivity contribution in [2.75, 3.05) is 10.6 Å². The number of carbonyl (C=O) groups is 2. The molecule has 2 aromatic heterocycles. The van der Waals surface area contributed by atoms with Crippen LogP contribution in [0.2, 0.25) is 0 Å². The number of carbonyl (C=O) groups excluding carboxylic acids is 2. The average molecular weight is 385 g/mol. The molecule has 7 nitrogen and oxygen atoms in total. The lowest BCUT2D eigenvalue weighted by Crippen LogP contribution is -2.23. The van der Waals surface area contributed by atoms with Gasteiger partial charge in [-0.2, -0.15) is 0 Å². The molecule has 3 rings (SSSR count). The maximum Gasteiger partial charge on any atom is 0.325 e.